The molecule has 92 valence electrons. The van der Waals surface area contributed by atoms with Gasteiger partial charge in [0.25, 0.3) is 0 Å². The standard InChI is InChI=1S/C15H14O3/c1-11-6-5-7-12(10-11)15(17)18-14-9-4-2-3-8-13(14)16/h3,5-10H,2,4H2,1H3. The molecular formula is C15H14O3. The van der Waals surface area contributed by atoms with Crippen molar-refractivity contribution in [3.8, 4) is 0 Å². The van der Waals surface area contributed by atoms with Crippen LogP contribution in [0.15, 0.2) is 48.3 Å². The summed E-state index contributed by atoms with van der Waals surface area (Å²) in [7, 11) is 0. The van der Waals surface area contributed by atoms with Crippen LogP contribution in [0.5, 0.6) is 0 Å². The lowest BCUT2D eigenvalue weighted by atomic mass is 10.1. The summed E-state index contributed by atoms with van der Waals surface area (Å²) in [6.45, 7) is 1.90. The minimum atomic E-state index is -0.492. The Balaban J connectivity index is 2.14. The first-order valence-corrected chi connectivity index (χ1v) is 5.87. The summed E-state index contributed by atoms with van der Waals surface area (Å²) in [5, 5.41) is 0. The third kappa shape index (κ3) is 2.94. The third-order valence-electron chi connectivity index (χ3n) is 2.63. The molecule has 0 unspecified atom stereocenters. The van der Waals surface area contributed by atoms with Gasteiger partial charge in [0, 0.05) is 0 Å². The molecule has 0 amide bonds. The summed E-state index contributed by atoms with van der Waals surface area (Å²) in [6, 6.07) is 7.09. The fourth-order valence-corrected chi connectivity index (χ4v) is 1.71. The number of carbonyl (C=O) groups is 2. The molecule has 1 aliphatic rings. The Morgan fingerprint density at radius 2 is 2.11 bits per heavy atom. The largest absolute Gasteiger partial charge is 0.419 e. The lowest BCUT2D eigenvalue weighted by Crippen LogP contribution is -2.10. The molecule has 1 aliphatic carbocycles. The van der Waals surface area contributed by atoms with Crippen LogP contribution in [0, 0.1) is 6.92 Å². The Bertz CT molecular complexity index is 538. The van der Waals surface area contributed by atoms with Crippen LogP contribution in [0.1, 0.15) is 28.8 Å². The Morgan fingerprint density at radius 3 is 2.89 bits per heavy atom. The highest BCUT2D eigenvalue weighted by molar-refractivity contribution is 6.05. The normalized spacial score (nSPS) is 14.9. The van der Waals surface area contributed by atoms with Crippen molar-refractivity contribution in [2.75, 3.05) is 0 Å². The van der Waals surface area contributed by atoms with Crippen molar-refractivity contribution < 1.29 is 14.3 Å². The Hall–Kier alpha value is -2.16. The zero-order valence-electron chi connectivity index (χ0n) is 10.2. The van der Waals surface area contributed by atoms with Crippen LogP contribution in [-0.4, -0.2) is 11.8 Å². The zero-order chi connectivity index (χ0) is 13.0. The van der Waals surface area contributed by atoms with Gasteiger partial charge in [-0.15, -0.1) is 0 Å². The van der Waals surface area contributed by atoms with E-state index in [0.717, 1.165) is 12.0 Å². The van der Waals surface area contributed by atoms with Gasteiger partial charge >= 0.3 is 5.97 Å². The van der Waals surface area contributed by atoms with Crippen molar-refractivity contribution in [3.05, 3.63) is 59.4 Å². The minimum absolute atomic E-state index is 0.121. The lowest BCUT2D eigenvalue weighted by molar-refractivity contribution is -0.113. The topological polar surface area (TPSA) is 43.4 Å². The summed E-state index contributed by atoms with van der Waals surface area (Å²) >= 11 is 0. The SMILES string of the molecule is Cc1cccc(C(=O)OC2=CCCC=CC2=O)c1. The van der Waals surface area contributed by atoms with Crippen molar-refractivity contribution in [3.63, 3.8) is 0 Å². The molecule has 18 heavy (non-hydrogen) atoms. The van der Waals surface area contributed by atoms with Crippen LogP contribution in [0.4, 0.5) is 0 Å². The summed E-state index contributed by atoms with van der Waals surface area (Å²) < 4.78 is 5.15. The number of carbonyl (C=O) groups excluding carboxylic acids is 2. The summed E-state index contributed by atoms with van der Waals surface area (Å²) in [5.41, 5.74) is 1.43. The van der Waals surface area contributed by atoms with Gasteiger partial charge in [0.2, 0.25) is 5.78 Å². The highest BCUT2D eigenvalue weighted by Gasteiger charge is 2.15. The Morgan fingerprint density at radius 1 is 1.28 bits per heavy atom. The van der Waals surface area contributed by atoms with Crippen molar-refractivity contribution in [2.24, 2.45) is 0 Å². The Kier molecular flexibility index (Phi) is 3.72. The summed E-state index contributed by atoms with van der Waals surface area (Å²) in [5.74, 6) is -0.627. The molecular weight excluding hydrogens is 228 g/mol. The molecule has 0 aromatic heterocycles. The average molecular weight is 242 g/mol. The zero-order valence-corrected chi connectivity index (χ0v) is 10.2. The number of hydrogen-bond donors (Lipinski definition) is 0. The molecule has 1 aromatic carbocycles. The predicted molar refractivity (Wildman–Crippen MR) is 68.1 cm³/mol. The van der Waals surface area contributed by atoms with Gasteiger partial charge in [-0.2, -0.15) is 0 Å². The van der Waals surface area contributed by atoms with Crippen molar-refractivity contribution in [1.29, 1.82) is 0 Å². The van der Waals surface area contributed by atoms with E-state index in [1.54, 1.807) is 30.4 Å². The van der Waals surface area contributed by atoms with Crippen molar-refractivity contribution in [2.45, 2.75) is 19.8 Å². The molecule has 0 N–H and O–H groups in total. The number of esters is 1. The molecule has 2 rings (SSSR count). The molecule has 0 bridgehead atoms. The van der Waals surface area contributed by atoms with E-state index in [1.807, 2.05) is 13.0 Å². The van der Waals surface area contributed by atoms with Crippen LogP contribution in [0.3, 0.4) is 0 Å². The summed E-state index contributed by atoms with van der Waals surface area (Å²) in [6.07, 6.45) is 6.39. The fraction of sp³-hybridized carbons (Fsp3) is 0.200. The van der Waals surface area contributed by atoms with Gasteiger partial charge in [0.05, 0.1) is 5.56 Å². The van der Waals surface area contributed by atoms with E-state index in [9.17, 15) is 9.59 Å². The monoisotopic (exact) mass is 242 g/mol. The quantitative estimate of drug-likeness (QED) is 0.749. The van der Waals surface area contributed by atoms with E-state index >= 15 is 0 Å². The average Bonchev–Trinajstić information content (AvgIpc) is 2.55. The maximum Gasteiger partial charge on any atom is 0.343 e. The number of rotatable bonds is 2. The molecule has 1 aromatic rings. The third-order valence-corrected chi connectivity index (χ3v) is 2.63. The maximum atomic E-state index is 11.9. The highest BCUT2D eigenvalue weighted by Crippen LogP contribution is 2.13. The van der Waals surface area contributed by atoms with Gasteiger partial charge in [0.15, 0.2) is 5.76 Å². The molecule has 0 heterocycles. The van der Waals surface area contributed by atoms with Gasteiger partial charge in [-0.3, -0.25) is 4.79 Å². The minimum Gasteiger partial charge on any atom is -0.419 e. The first-order valence-electron chi connectivity index (χ1n) is 5.87. The van der Waals surface area contributed by atoms with Gasteiger partial charge in [-0.25, -0.2) is 4.79 Å². The van der Waals surface area contributed by atoms with Crippen LogP contribution in [0.25, 0.3) is 0 Å². The number of hydrogen-bond acceptors (Lipinski definition) is 3. The second kappa shape index (κ2) is 5.45. The molecule has 0 saturated carbocycles. The summed E-state index contributed by atoms with van der Waals surface area (Å²) in [4.78, 5) is 23.5. The van der Waals surface area contributed by atoms with E-state index in [1.165, 1.54) is 6.08 Å². The van der Waals surface area contributed by atoms with Gasteiger partial charge in [-0.05, 0) is 44.1 Å². The lowest BCUT2D eigenvalue weighted by Gasteiger charge is -2.05. The molecule has 0 fully saturated rings. The number of aryl methyl sites for hydroxylation is 1. The predicted octanol–water partition coefficient (Wildman–Crippen LogP) is 2.95. The second-order valence-electron chi connectivity index (χ2n) is 4.17. The van der Waals surface area contributed by atoms with Gasteiger partial charge in [-0.1, -0.05) is 23.8 Å². The maximum absolute atomic E-state index is 11.9. The van der Waals surface area contributed by atoms with Crippen LogP contribution >= 0.6 is 0 Å². The van der Waals surface area contributed by atoms with E-state index in [-0.39, 0.29) is 11.5 Å². The Labute approximate surface area is 106 Å². The van der Waals surface area contributed by atoms with Crippen molar-refractivity contribution in [1.82, 2.24) is 0 Å². The number of benzene rings is 1. The fourth-order valence-electron chi connectivity index (χ4n) is 1.71. The van der Waals surface area contributed by atoms with E-state index < -0.39 is 5.97 Å². The molecule has 0 atom stereocenters. The molecule has 0 saturated heterocycles. The van der Waals surface area contributed by atoms with Crippen LogP contribution in [-0.2, 0) is 9.53 Å². The molecule has 0 radical (unpaired) electrons. The number of ketones is 1. The molecule has 3 heteroatoms. The van der Waals surface area contributed by atoms with Crippen LogP contribution in [0.2, 0.25) is 0 Å². The first-order chi connectivity index (χ1) is 8.66. The number of allylic oxidation sites excluding steroid dienone is 3. The van der Waals surface area contributed by atoms with Crippen LogP contribution < -0.4 is 0 Å². The van der Waals surface area contributed by atoms with Crippen molar-refractivity contribution >= 4 is 11.8 Å². The smallest absolute Gasteiger partial charge is 0.343 e. The molecule has 3 nitrogen and oxygen atoms in total. The molecule has 0 spiro atoms. The second-order valence-corrected chi connectivity index (χ2v) is 4.17. The number of ether oxygens (including phenoxy) is 1. The molecule has 0 aliphatic heterocycles. The van der Waals surface area contributed by atoms with E-state index in [0.29, 0.717) is 12.0 Å². The van der Waals surface area contributed by atoms with E-state index in [2.05, 4.69) is 0 Å². The first kappa shape index (κ1) is 12.3. The van der Waals surface area contributed by atoms with Gasteiger partial charge in [0.1, 0.15) is 0 Å². The van der Waals surface area contributed by atoms with E-state index in [4.69, 9.17) is 4.74 Å². The van der Waals surface area contributed by atoms with Gasteiger partial charge < -0.3 is 4.74 Å². The highest BCUT2D eigenvalue weighted by atomic mass is 16.5.